The molecule has 4 heteroatoms. The first-order chi connectivity index (χ1) is 11.8. The van der Waals surface area contributed by atoms with Crippen molar-refractivity contribution >= 4 is 18.9 Å². The molecule has 3 rings (SSSR count). The molecule has 3 aromatic carbocycles. The summed E-state index contributed by atoms with van der Waals surface area (Å²) in [5, 5.41) is 1.99. The largest absolute Gasteiger partial charge is 0.457 e. The van der Waals surface area contributed by atoms with Crippen molar-refractivity contribution in [3.63, 3.8) is 0 Å². The predicted molar refractivity (Wildman–Crippen MR) is 98.4 cm³/mol. The Morgan fingerprint density at radius 1 is 0.625 bits per heavy atom. The van der Waals surface area contributed by atoms with E-state index < -0.39 is 8.56 Å². The predicted octanol–water partition coefficient (Wildman–Crippen LogP) is 3.33. The van der Waals surface area contributed by atoms with Crippen LogP contribution in [0.3, 0.4) is 0 Å². The minimum Gasteiger partial charge on any atom is -0.457 e. The Labute approximate surface area is 143 Å². The molecule has 0 atom stereocenters. The van der Waals surface area contributed by atoms with E-state index in [-0.39, 0.29) is 0 Å². The lowest BCUT2D eigenvalue weighted by atomic mass is 10.3. The van der Waals surface area contributed by atoms with Crippen LogP contribution in [0, 0.1) is 0 Å². The summed E-state index contributed by atoms with van der Waals surface area (Å²) in [6, 6.07) is 27.7. The van der Waals surface area contributed by atoms with Gasteiger partial charge in [0.2, 0.25) is 0 Å². The Morgan fingerprint density at radius 3 is 1.79 bits per heavy atom. The Balaban J connectivity index is 2.09. The van der Waals surface area contributed by atoms with Crippen molar-refractivity contribution in [2.45, 2.75) is 0 Å². The van der Waals surface area contributed by atoms with Gasteiger partial charge in [-0.15, -0.1) is 0 Å². The van der Waals surface area contributed by atoms with E-state index in [0.717, 1.165) is 21.9 Å². The van der Waals surface area contributed by atoms with Crippen LogP contribution in [0.15, 0.2) is 84.9 Å². The smallest absolute Gasteiger partial charge is 0.410 e. The van der Waals surface area contributed by atoms with Crippen LogP contribution in [0.2, 0.25) is 0 Å². The highest BCUT2D eigenvalue weighted by Gasteiger charge is 2.43. The van der Waals surface area contributed by atoms with Gasteiger partial charge < -0.3 is 13.6 Å². The van der Waals surface area contributed by atoms with Gasteiger partial charge in [-0.2, -0.15) is 0 Å². The summed E-state index contributed by atoms with van der Waals surface area (Å²) in [6.45, 7) is 0. The van der Waals surface area contributed by atoms with Crippen molar-refractivity contribution in [1.29, 1.82) is 0 Å². The Morgan fingerprint density at radius 2 is 1.17 bits per heavy atom. The molecular formula is C20H20O3Si. The summed E-state index contributed by atoms with van der Waals surface area (Å²) in [7, 11) is 0.574. The zero-order valence-electron chi connectivity index (χ0n) is 13.8. The van der Waals surface area contributed by atoms with E-state index in [9.17, 15) is 0 Å². The molecule has 0 fully saturated rings. The van der Waals surface area contributed by atoms with Crippen LogP contribution in [-0.4, -0.2) is 22.8 Å². The Kier molecular flexibility index (Phi) is 5.10. The topological polar surface area (TPSA) is 27.7 Å². The van der Waals surface area contributed by atoms with Crippen LogP contribution in [-0.2, 0) is 8.85 Å². The first-order valence-corrected chi connectivity index (χ1v) is 9.60. The lowest BCUT2D eigenvalue weighted by Crippen LogP contribution is -2.62. The van der Waals surface area contributed by atoms with Gasteiger partial charge in [-0.05, 0) is 23.4 Å². The zero-order valence-corrected chi connectivity index (χ0v) is 14.8. The van der Waals surface area contributed by atoms with Gasteiger partial charge in [0.25, 0.3) is 0 Å². The molecule has 122 valence electrons. The quantitative estimate of drug-likeness (QED) is 0.646. The molecule has 0 amide bonds. The van der Waals surface area contributed by atoms with Gasteiger partial charge in [-0.25, -0.2) is 0 Å². The normalized spacial score (nSPS) is 11.2. The molecule has 0 spiro atoms. The molecule has 24 heavy (non-hydrogen) atoms. The van der Waals surface area contributed by atoms with Gasteiger partial charge >= 0.3 is 8.56 Å². The van der Waals surface area contributed by atoms with E-state index in [1.54, 1.807) is 14.2 Å². The van der Waals surface area contributed by atoms with E-state index in [2.05, 4.69) is 0 Å². The van der Waals surface area contributed by atoms with Crippen LogP contribution in [0.5, 0.6) is 11.5 Å². The van der Waals surface area contributed by atoms with E-state index in [1.165, 1.54) is 0 Å². The second kappa shape index (κ2) is 7.44. The summed E-state index contributed by atoms with van der Waals surface area (Å²) in [4.78, 5) is 0. The highest BCUT2D eigenvalue weighted by atomic mass is 28.4. The molecule has 0 aromatic heterocycles. The van der Waals surface area contributed by atoms with E-state index in [0.29, 0.717) is 0 Å². The maximum Gasteiger partial charge on any atom is 0.410 e. The van der Waals surface area contributed by atoms with Crippen LogP contribution in [0.25, 0.3) is 0 Å². The fourth-order valence-electron chi connectivity index (χ4n) is 2.80. The molecule has 0 heterocycles. The van der Waals surface area contributed by atoms with Crippen LogP contribution in [0.1, 0.15) is 0 Å². The summed E-state index contributed by atoms with van der Waals surface area (Å²) in [5.41, 5.74) is 0. The number of para-hydroxylation sites is 2. The lowest BCUT2D eigenvalue weighted by Gasteiger charge is -2.29. The Bertz CT molecular complexity index is 771. The fourth-order valence-corrected chi connectivity index (χ4v) is 5.59. The van der Waals surface area contributed by atoms with Crippen molar-refractivity contribution < 1.29 is 13.6 Å². The Hall–Kier alpha value is -2.40. The molecule has 0 N–H and O–H groups in total. The second-order valence-corrected chi connectivity index (χ2v) is 8.47. The van der Waals surface area contributed by atoms with Gasteiger partial charge in [-0.3, -0.25) is 0 Å². The monoisotopic (exact) mass is 336 g/mol. The molecule has 0 saturated carbocycles. The lowest BCUT2D eigenvalue weighted by molar-refractivity contribution is 0.271. The van der Waals surface area contributed by atoms with E-state index in [1.807, 2.05) is 84.9 Å². The minimum absolute atomic E-state index is 0.753. The molecule has 0 radical (unpaired) electrons. The molecule has 0 aliphatic heterocycles. The molecule has 0 aliphatic carbocycles. The third-order valence-corrected chi connectivity index (χ3v) is 7.31. The number of rotatable bonds is 6. The standard InChI is InChI=1S/C20H20O3Si/c1-21-24(22-2,18-13-7-4-8-14-18)20-16-10-9-15-19(20)23-17-11-5-3-6-12-17/h3-16H,1-2H3. The van der Waals surface area contributed by atoms with Crippen molar-refractivity contribution in [2.75, 3.05) is 14.2 Å². The molecule has 0 aliphatic rings. The van der Waals surface area contributed by atoms with Gasteiger partial charge in [0.1, 0.15) is 11.5 Å². The summed E-state index contributed by atoms with van der Waals surface area (Å²) in [5.74, 6) is 1.54. The van der Waals surface area contributed by atoms with Crippen molar-refractivity contribution in [1.82, 2.24) is 0 Å². The van der Waals surface area contributed by atoms with Crippen LogP contribution >= 0.6 is 0 Å². The minimum atomic E-state index is -2.82. The highest BCUT2D eigenvalue weighted by Crippen LogP contribution is 2.22. The zero-order chi connectivity index (χ0) is 16.8. The molecular weight excluding hydrogens is 316 g/mol. The molecule has 3 nitrogen and oxygen atoms in total. The SMILES string of the molecule is CO[Si](OC)(c1ccccc1)c1ccccc1Oc1ccccc1. The number of hydrogen-bond donors (Lipinski definition) is 0. The third-order valence-electron chi connectivity index (χ3n) is 3.94. The maximum absolute atomic E-state index is 6.12. The molecule has 0 bridgehead atoms. The number of benzene rings is 3. The van der Waals surface area contributed by atoms with Gasteiger partial charge in [0, 0.05) is 19.4 Å². The summed E-state index contributed by atoms with van der Waals surface area (Å²) >= 11 is 0. The van der Waals surface area contributed by atoms with Crippen molar-refractivity contribution in [3.8, 4) is 11.5 Å². The first kappa shape index (κ1) is 16.5. The number of hydrogen-bond acceptors (Lipinski definition) is 3. The molecule has 0 saturated heterocycles. The average molecular weight is 336 g/mol. The van der Waals surface area contributed by atoms with Crippen molar-refractivity contribution in [2.24, 2.45) is 0 Å². The van der Waals surface area contributed by atoms with Crippen LogP contribution in [0.4, 0.5) is 0 Å². The van der Waals surface area contributed by atoms with Crippen LogP contribution < -0.4 is 15.1 Å². The van der Waals surface area contributed by atoms with E-state index >= 15 is 0 Å². The average Bonchev–Trinajstić information content (AvgIpc) is 2.66. The van der Waals surface area contributed by atoms with Crippen molar-refractivity contribution in [3.05, 3.63) is 84.9 Å². The summed E-state index contributed by atoms with van der Waals surface area (Å²) < 4.78 is 18.1. The first-order valence-electron chi connectivity index (χ1n) is 7.78. The van der Waals surface area contributed by atoms with E-state index in [4.69, 9.17) is 13.6 Å². The number of ether oxygens (including phenoxy) is 1. The molecule has 0 unspecified atom stereocenters. The third kappa shape index (κ3) is 3.12. The second-order valence-electron chi connectivity index (χ2n) is 5.30. The maximum atomic E-state index is 6.12. The summed E-state index contributed by atoms with van der Waals surface area (Å²) in [6.07, 6.45) is 0. The fraction of sp³-hybridized carbons (Fsp3) is 0.100. The molecule has 3 aromatic rings. The van der Waals surface area contributed by atoms with Gasteiger partial charge in [0.05, 0.1) is 0 Å². The highest BCUT2D eigenvalue weighted by molar-refractivity contribution is 6.93. The van der Waals surface area contributed by atoms with Gasteiger partial charge in [-0.1, -0.05) is 66.7 Å². The van der Waals surface area contributed by atoms with Gasteiger partial charge in [0.15, 0.2) is 0 Å².